The van der Waals surface area contributed by atoms with E-state index in [1.54, 1.807) is 30.7 Å². The number of aromatic nitrogens is 1. The molecule has 0 saturated heterocycles. The summed E-state index contributed by atoms with van der Waals surface area (Å²) in [6.07, 6.45) is -2.30. The SMILES string of the molecule is CC(=O)N[C@@H](CCCCN)C(=O)N[C@H](C(=O)N[C@@H](C)C(=O)N[C@@H](CCN(C(=O)CO)[C@@H](c1cc(-c2cc(F)ccc2F)cn1Cc1ccccc1)C(C)(C)C)C(=O)O)C(C)C.O=C(O)C(F)(F)F. The molecule has 0 unspecified atom stereocenters. The summed E-state index contributed by atoms with van der Waals surface area (Å²) >= 11 is 0. The van der Waals surface area contributed by atoms with Gasteiger partial charge in [0.15, 0.2) is 0 Å². The second kappa shape index (κ2) is 26.2. The van der Waals surface area contributed by atoms with Crippen molar-refractivity contribution in [2.45, 2.75) is 117 Å². The lowest BCUT2D eigenvalue weighted by Crippen LogP contribution is -2.58. The van der Waals surface area contributed by atoms with E-state index in [1.165, 1.54) is 18.7 Å². The van der Waals surface area contributed by atoms with Crippen molar-refractivity contribution in [1.82, 2.24) is 30.7 Å². The van der Waals surface area contributed by atoms with Crippen LogP contribution in [0.25, 0.3) is 11.1 Å². The first kappa shape index (κ1) is 57.7. The third-order valence-corrected chi connectivity index (χ3v) is 10.4. The number of nitrogens with one attached hydrogen (secondary N) is 4. The molecule has 68 heavy (non-hydrogen) atoms. The van der Waals surface area contributed by atoms with Crippen LogP contribution in [0.2, 0.25) is 0 Å². The molecule has 0 aliphatic carbocycles. The molecule has 0 radical (unpaired) electrons. The van der Waals surface area contributed by atoms with Gasteiger partial charge in [0.2, 0.25) is 29.5 Å². The van der Waals surface area contributed by atoms with Gasteiger partial charge in [0, 0.05) is 43.0 Å². The Balaban J connectivity index is 0.00000209. The Morgan fingerprint density at radius 2 is 1.41 bits per heavy atom. The van der Waals surface area contributed by atoms with E-state index in [1.807, 2.05) is 51.1 Å². The Kier molecular flexibility index (Phi) is 22.2. The number of rotatable bonds is 22. The number of carboxylic acid groups (broad SMARTS) is 2. The van der Waals surface area contributed by atoms with Crippen molar-refractivity contribution < 1.29 is 70.8 Å². The van der Waals surface area contributed by atoms with Crippen molar-refractivity contribution in [2.24, 2.45) is 17.1 Å². The largest absolute Gasteiger partial charge is 0.490 e. The number of unbranched alkanes of at least 4 members (excludes halogenated alkanes) is 1. The van der Waals surface area contributed by atoms with Gasteiger partial charge in [-0.1, -0.05) is 65.0 Å². The number of halogens is 5. The van der Waals surface area contributed by atoms with E-state index in [2.05, 4.69) is 21.3 Å². The van der Waals surface area contributed by atoms with E-state index in [4.69, 9.17) is 15.6 Å². The van der Waals surface area contributed by atoms with Crippen molar-refractivity contribution in [3.8, 4) is 11.1 Å². The molecule has 0 bridgehead atoms. The zero-order chi connectivity index (χ0) is 51.7. The van der Waals surface area contributed by atoms with Crippen LogP contribution in [-0.4, -0.2) is 116 Å². The second-order valence-electron chi connectivity index (χ2n) is 17.4. The number of nitrogens with two attached hydrogens (primary N) is 1. The van der Waals surface area contributed by atoms with E-state index in [-0.39, 0.29) is 25.1 Å². The molecule has 0 aliphatic rings. The first-order valence-corrected chi connectivity index (χ1v) is 21.6. The normalized spacial score (nSPS) is 13.7. The van der Waals surface area contributed by atoms with Crippen molar-refractivity contribution in [1.29, 1.82) is 0 Å². The van der Waals surface area contributed by atoms with E-state index in [9.17, 15) is 56.5 Å². The molecule has 9 N–H and O–H groups in total. The number of alkyl halides is 3. The molecule has 3 rings (SSSR count). The number of aliphatic hydroxyl groups excluding tert-OH is 1. The topological polar surface area (TPSA) is 262 Å². The van der Waals surface area contributed by atoms with E-state index in [0.717, 1.165) is 23.8 Å². The Bertz CT molecular complexity index is 2200. The average Bonchev–Trinajstić information content (AvgIpc) is 3.64. The van der Waals surface area contributed by atoms with Crippen molar-refractivity contribution in [2.75, 3.05) is 19.7 Å². The van der Waals surface area contributed by atoms with Gasteiger partial charge in [0.25, 0.3) is 0 Å². The summed E-state index contributed by atoms with van der Waals surface area (Å²) in [4.78, 5) is 88.2. The minimum absolute atomic E-state index is 0.00905. The number of amides is 5. The minimum atomic E-state index is -5.08. The lowest BCUT2D eigenvalue weighted by molar-refractivity contribution is -0.192. The van der Waals surface area contributed by atoms with Gasteiger partial charge < -0.3 is 51.8 Å². The fraction of sp³-hybridized carbons (Fsp3) is 0.500. The molecule has 0 aliphatic heterocycles. The van der Waals surface area contributed by atoms with Crippen molar-refractivity contribution >= 4 is 41.5 Å². The standard InChI is InChI=1S/C44H61F2N7O8.C2HF3O2/c1-26(2)38(51-41(58)34(49-28(4)55)15-11-12-19-47)42(59)48-27(3)40(57)50-35(43(60)61)18-20-53(37(56)25-54)39(44(5,6)7)36-21-30(32-22-31(45)16-17-33(32)46)24-52(36)23-29-13-9-8-10-14-29;3-2(4,5)1(6)7/h8-10,13-14,16-17,21-22,24,26-27,34-35,38-39,54H,11-12,15,18-20,23,25,47H2,1-7H3,(H,48,59)(H,49,55)(H,50,57)(H,51,58)(H,60,61);(H,6,7)/t27-,34-,35-,38-,39-;/m0./s1. The quantitative estimate of drug-likeness (QED) is 0.0521. The number of carbonyl (C=O) groups excluding carboxylic acids is 5. The highest BCUT2D eigenvalue weighted by Crippen LogP contribution is 2.41. The number of aliphatic carboxylic acids is 2. The Morgan fingerprint density at radius 3 is 1.93 bits per heavy atom. The molecule has 22 heteroatoms. The fourth-order valence-electron chi connectivity index (χ4n) is 7.09. The van der Waals surface area contributed by atoms with Gasteiger partial charge in [-0.05, 0) is 80.3 Å². The maximum Gasteiger partial charge on any atom is 0.490 e. The fourth-order valence-corrected chi connectivity index (χ4v) is 7.09. The predicted molar refractivity (Wildman–Crippen MR) is 239 cm³/mol. The average molecular weight is 968 g/mol. The molecule has 1 heterocycles. The van der Waals surface area contributed by atoms with Crippen molar-refractivity contribution in [3.05, 3.63) is 83.7 Å². The molecule has 2 aromatic carbocycles. The lowest BCUT2D eigenvalue weighted by atomic mass is 9.82. The minimum Gasteiger partial charge on any atom is -0.480 e. The Labute approximate surface area is 391 Å². The maximum atomic E-state index is 15.1. The summed E-state index contributed by atoms with van der Waals surface area (Å²) in [7, 11) is 0. The number of benzene rings is 2. The van der Waals surface area contributed by atoms with Crippen LogP contribution in [0.1, 0.15) is 91.4 Å². The molecule has 376 valence electrons. The smallest absolute Gasteiger partial charge is 0.480 e. The van der Waals surface area contributed by atoms with Gasteiger partial charge in [-0.2, -0.15) is 13.2 Å². The molecule has 0 fully saturated rings. The number of carboxylic acids is 2. The molecule has 1 aromatic heterocycles. The van der Waals surface area contributed by atoms with Crippen LogP contribution in [0.5, 0.6) is 0 Å². The summed E-state index contributed by atoms with van der Waals surface area (Å²) < 4.78 is 63.1. The zero-order valence-electron chi connectivity index (χ0n) is 39.0. The number of carbonyl (C=O) groups is 7. The van der Waals surface area contributed by atoms with E-state index < -0.39 is 107 Å². The second-order valence-corrected chi connectivity index (χ2v) is 17.4. The maximum absolute atomic E-state index is 15.1. The van der Waals surface area contributed by atoms with Gasteiger partial charge >= 0.3 is 18.1 Å². The predicted octanol–water partition coefficient (Wildman–Crippen LogP) is 4.26. The summed E-state index contributed by atoms with van der Waals surface area (Å²) in [5.41, 5.74) is 6.46. The van der Waals surface area contributed by atoms with Crippen molar-refractivity contribution in [3.63, 3.8) is 0 Å². The number of hydrogen-bond donors (Lipinski definition) is 8. The van der Waals surface area contributed by atoms with Gasteiger partial charge in [0.05, 0.1) is 6.04 Å². The summed E-state index contributed by atoms with van der Waals surface area (Å²) in [6.45, 7) is 11.0. The highest BCUT2D eigenvalue weighted by molar-refractivity contribution is 5.95. The molecular weight excluding hydrogens is 906 g/mol. The third-order valence-electron chi connectivity index (χ3n) is 10.4. The Morgan fingerprint density at radius 1 is 0.794 bits per heavy atom. The van der Waals surface area contributed by atoms with E-state index in [0.29, 0.717) is 37.1 Å². The molecule has 0 spiro atoms. The van der Waals surface area contributed by atoms with Crippen LogP contribution in [0, 0.1) is 23.0 Å². The number of nitrogens with zero attached hydrogens (tertiary/aromatic N) is 2. The Hall–Kier alpha value is -6.42. The van der Waals surface area contributed by atoms with Gasteiger partial charge in [0.1, 0.15) is 42.4 Å². The lowest BCUT2D eigenvalue weighted by Gasteiger charge is -2.41. The summed E-state index contributed by atoms with van der Waals surface area (Å²) in [5, 5.41) is 37.7. The highest BCUT2D eigenvalue weighted by atomic mass is 19.4. The van der Waals surface area contributed by atoms with Crippen LogP contribution in [0.3, 0.4) is 0 Å². The molecule has 17 nitrogen and oxygen atoms in total. The highest BCUT2D eigenvalue weighted by Gasteiger charge is 2.39. The van der Waals surface area contributed by atoms with Gasteiger partial charge in [-0.25, -0.2) is 18.4 Å². The monoisotopic (exact) mass is 967 g/mol. The molecule has 3 aromatic rings. The number of aliphatic hydroxyl groups is 1. The first-order chi connectivity index (χ1) is 31.6. The van der Waals surface area contributed by atoms with Crippen LogP contribution < -0.4 is 27.0 Å². The van der Waals surface area contributed by atoms with Crippen LogP contribution in [-0.2, 0) is 40.1 Å². The van der Waals surface area contributed by atoms with E-state index >= 15 is 4.39 Å². The van der Waals surface area contributed by atoms with Gasteiger partial charge in [-0.3, -0.25) is 24.0 Å². The first-order valence-electron chi connectivity index (χ1n) is 21.6. The van der Waals surface area contributed by atoms with Crippen LogP contribution >= 0.6 is 0 Å². The summed E-state index contributed by atoms with van der Waals surface area (Å²) in [6, 6.07) is 8.31. The number of hydrogen-bond acceptors (Lipinski definition) is 9. The molecule has 5 amide bonds. The molecule has 5 atom stereocenters. The zero-order valence-corrected chi connectivity index (χ0v) is 39.0. The van der Waals surface area contributed by atoms with Crippen LogP contribution in [0.15, 0.2) is 60.8 Å². The van der Waals surface area contributed by atoms with Crippen LogP contribution in [0.4, 0.5) is 22.0 Å². The van der Waals surface area contributed by atoms with Gasteiger partial charge in [-0.15, -0.1) is 0 Å². The molecule has 0 saturated carbocycles. The third kappa shape index (κ3) is 18.0. The molecular formula is C46H62F5N7O10. The summed E-state index contributed by atoms with van der Waals surface area (Å²) in [5.74, 6) is -9.31.